The quantitative estimate of drug-likeness (QED) is 0.877. The Labute approximate surface area is 100 Å². The fourth-order valence-corrected chi connectivity index (χ4v) is 1.53. The summed E-state index contributed by atoms with van der Waals surface area (Å²) in [4.78, 5) is 12.5. The lowest BCUT2D eigenvalue weighted by Gasteiger charge is -2.11. The second-order valence-corrected chi connectivity index (χ2v) is 3.92. The van der Waals surface area contributed by atoms with Gasteiger partial charge in [0.25, 0.3) is 0 Å². The zero-order chi connectivity index (χ0) is 12.3. The standard InChI is InChI=1S/C12H16N4O/c1-4-10-5-11(15-7-14-10)16-9(3)12-13-6-8(2)17-12/h5-7,9H,4H2,1-3H3,(H,14,15,16). The maximum absolute atomic E-state index is 5.46. The number of rotatable bonds is 4. The van der Waals surface area contributed by atoms with Gasteiger partial charge in [0.1, 0.15) is 23.9 Å². The summed E-state index contributed by atoms with van der Waals surface area (Å²) in [6, 6.07) is 1.93. The number of anilines is 1. The third-order valence-electron chi connectivity index (χ3n) is 2.46. The Balaban J connectivity index is 2.09. The molecular formula is C12H16N4O. The molecule has 1 atom stereocenters. The number of nitrogens with zero attached hydrogens (tertiary/aromatic N) is 3. The second-order valence-electron chi connectivity index (χ2n) is 3.92. The van der Waals surface area contributed by atoms with Crippen LogP contribution in [0.15, 0.2) is 23.0 Å². The highest BCUT2D eigenvalue weighted by atomic mass is 16.4. The molecule has 90 valence electrons. The molecule has 0 bridgehead atoms. The van der Waals surface area contributed by atoms with Crippen LogP contribution in [0, 0.1) is 6.92 Å². The van der Waals surface area contributed by atoms with Crippen LogP contribution in [-0.2, 0) is 6.42 Å². The first-order valence-electron chi connectivity index (χ1n) is 5.69. The third kappa shape index (κ3) is 2.81. The van der Waals surface area contributed by atoms with Gasteiger partial charge in [-0.1, -0.05) is 6.92 Å². The second kappa shape index (κ2) is 4.95. The van der Waals surface area contributed by atoms with Gasteiger partial charge in [-0.3, -0.25) is 0 Å². The third-order valence-corrected chi connectivity index (χ3v) is 2.46. The topological polar surface area (TPSA) is 63.8 Å². The van der Waals surface area contributed by atoms with Crippen molar-refractivity contribution in [3.05, 3.63) is 35.9 Å². The minimum Gasteiger partial charge on any atom is -0.444 e. The van der Waals surface area contributed by atoms with Crippen molar-refractivity contribution in [2.45, 2.75) is 33.2 Å². The van der Waals surface area contributed by atoms with Crippen molar-refractivity contribution in [3.63, 3.8) is 0 Å². The molecular weight excluding hydrogens is 216 g/mol. The molecule has 5 heteroatoms. The van der Waals surface area contributed by atoms with Gasteiger partial charge in [-0.2, -0.15) is 0 Å². The van der Waals surface area contributed by atoms with Crippen molar-refractivity contribution >= 4 is 5.82 Å². The highest BCUT2D eigenvalue weighted by Gasteiger charge is 2.11. The molecule has 0 saturated carbocycles. The molecule has 0 aliphatic carbocycles. The Bertz CT molecular complexity index is 495. The number of oxazole rings is 1. The Morgan fingerprint density at radius 3 is 2.82 bits per heavy atom. The van der Waals surface area contributed by atoms with E-state index in [0.29, 0.717) is 5.89 Å². The zero-order valence-electron chi connectivity index (χ0n) is 10.3. The molecule has 0 fully saturated rings. The smallest absolute Gasteiger partial charge is 0.216 e. The van der Waals surface area contributed by atoms with E-state index in [1.807, 2.05) is 19.9 Å². The van der Waals surface area contributed by atoms with Crippen molar-refractivity contribution in [2.24, 2.45) is 0 Å². The Morgan fingerprint density at radius 1 is 1.35 bits per heavy atom. The first-order valence-corrected chi connectivity index (χ1v) is 5.69. The van der Waals surface area contributed by atoms with Crippen LogP contribution in [0.1, 0.15) is 37.2 Å². The van der Waals surface area contributed by atoms with Gasteiger partial charge in [0.2, 0.25) is 5.89 Å². The largest absolute Gasteiger partial charge is 0.444 e. The molecule has 1 unspecified atom stereocenters. The van der Waals surface area contributed by atoms with Crippen LogP contribution in [0.2, 0.25) is 0 Å². The summed E-state index contributed by atoms with van der Waals surface area (Å²) in [5.41, 5.74) is 1.01. The Hall–Kier alpha value is -1.91. The average Bonchev–Trinajstić information content (AvgIpc) is 2.76. The number of hydrogen-bond acceptors (Lipinski definition) is 5. The van der Waals surface area contributed by atoms with Gasteiger partial charge < -0.3 is 9.73 Å². The minimum atomic E-state index is -0.0108. The first-order chi connectivity index (χ1) is 8.19. The maximum Gasteiger partial charge on any atom is 0.216 e. The number of hydrogen-bond donors (Lipinski definition) is 1. The van der Waals surface area contributed by atoms with E-state index in [9.17, 15) is 0 Å². The molecule has 1 N–H and O–H groups in total. The van der Waals surface area contributed by atoms with E-state index in [0.717, 1.165) is 23.7 Å². The van der Waals surface area contributed by atoms with Crippen LogP contribution in [0.3, 0.4) is 0 Å². The van der Waals surface area contributed by atoms with Crippen molar-refractivity contribution in [1.82, 2.24) is 15.0 Å². The summed E-state index contributed by atoms with van der Waals surface area (Å²) in [7, 11) is 0. The van der Waals surface area contributed by atoms with E-state index < -0.39 is 0 Å². The van der Waals surface area contributed by atoms with Gasteiger partial charge in [0.15, 0.2) is 0 Å². The molecule has 2 aromatic rings. The van der Waals surface area contributed by atoms with Crippen molar-refractivity contribution in [3.8, 4) is 0 Å². The van der Waals surface area contributed by atoms with Gasteiger partial charge in [-0.15, -0.1) is 0 Å². The number of aromatic nitrogens is 3. The molecule has 0 aliphatic rings. The molecule has 2 rings (SSSR count). The summed E-state index contributed by atoms with van der Waals surface area (Å²) in [5, 5.41) is 3.24. The summed E-state index contributed by atoms with van der Waals surface area (Å²) in [6.45, 7) is 5.93. The van der Waals surface area contributed by atoms with E-state index >= 15 is 0 Å². The van der Waals surface area contributed by atoms with Crippen molar-refractivity contribution in [2.75, 3.05) is 5.32 Å². The van der Waals surface area contributed by atoms with Gasteiger partial charge >= 0.3 is 0 Å². The van der Waals surface area contributed by atoms with Crippen LogP contribution in [0.5, 0.6) is 0 Å². The van der Waals surface area contributed by atoms with E-state index in [2.05, 4.69) is 27.2 Å². The minimum absolute atomic E-state index is 0.0108. The monoisotopic (exact) mass is 232 g/mol. The lowest BCUT2D eigenvalue weighted by Crippen LogP contribution is -2.08. The SMILES string of the molecule is CCc1cc(NC(C)c2ncc(C)o2)ncn1. The molecule has 0 radical (unpaired) electrons. The Morgan fingerprint density at radius 2 is 2.18 bits per heavy atom. The summed E-state index contributed by atoms with van der Waals surface area (Å²) >= 11 is 0. The van der Waals surface area contributed by atoms with E-state index in [4.69, 9.17) is 4.42 Å². The predicted molar refractivity (Wildman–Crippen MR) is 64.7 cm³/mol. The molecule has 2 heterocycles. The van der Waals surface area contributed by atoms with Crippen LogP contribution >= 0.6 is 0 Å². The van der Waals surface area contributed by atoms with Crippen LogP contribution in [0.4, 0.5) is 5.82 Å². The van der Waals surface area contributed by atoms with Crippen LogP contribution < -0.4 is 5.32 Å². The molecule has 0 saturated heterocycles. The molecule has 5 nitrogen and oxygen atoms in total. The van der Waals surface area contributed by atoms with Crippen molar-refractivity contribution in [1.29, 1.82) is 0 Å². The summed E-state index contributed by atoms with van der Waals surface area (Å²) < 4.78 is 5.46. The number of aryl methyl sites for hydroxylation is 2. The molecule has 17 heavy (non-hydrogen) atoms. The highest BCUT2D eigenvalue weighted by molar-refractivity contribution is 5.36. The fourth-order valence-electron chi connectivity index (χ4n) is 1.53. The van der Waals surface area contributed by atoms with Gasteiger partial charge in [0, 0.05) is 11.8 Å². The predicted octanol–water partition coefficient (Wildman–Crippen LogP) is 2.51. The zero-order valence-corrected chi connectivity index (χ0v) is 10.3. The number of nitrogens with one attached hydrogen (secondary N) is 1. The summed E-state index contributed by atoms with van der Waals surface area (Å²) in [6.07, 6.45) is 4.17. The van der Waals surface area contributed by atoms with E-state index in [1.54, 1.807) is 12.5 Å². The molecule has 0 amide bonds. The fraction of sp³-hybridized carbons (Fsp3) is 0.417. The lowest BCUT2D eigenvalue weighted by molar-refractivity contribution is 0.453. The molecule has 2 aromatic heterocycles. The molecule has 0 spiro atoms. The van der Waals surface area contributed by atoms with E-state index in [1.165, 1.54) is 0 Å². The normalized spacial score (nSPS) is 12.4. The lowest BCUT2D eigenvalue weighted by atomic mass is 10.3. The summed E-state index contributed by atoms with van der Waals surface area (Å²) in [5.74, 6) is 2.27. The first kappa shape index (κ1) is 11.6. The van der Waals surface area contributed by atoms with E-state index in [-0.39, 0.29) is 6.04 Å². The van der Waals surface area contributed by atoms with Gasteiger partial charge in [0.05, 0.1) is 6.20 Å². The Kier molecular flexibility index (Phi) is 3.37. The van der Waals surface area contributed by atoms with Crippen LogP contribution in [-0.4, -0.2) is 15.0 Å². The van der Waals surface area contributed by atoms with Gasteiger partial charge in [-0.05, 0) is 20.3 Å². The van der Waals surface area contributed by atoms with Crippen LogP contribution in [0.25, 0.3) is 0 Å². The average molecular weight is 232 g/mol. The highest BCUT2D eigenvalue weighted by Crippen LogP contribution is 2.17. The molecule has 0 aromatic carbocycles. The van der Waals surface area contributed by atoms with Crippen molar-refractivity contribution < 1.29 is 4.42 Å². The maximum atomic E-state index is 5.46. The molecule has 0 aliphatic heterocycles. The van der Waals surface area contributed by atoms with Gasteiger partial charge in [-0.25, -0.2) is 15.0 Å².